The van der Waals surface area contributed by atoms with Crippen LogP contribution in [-0.2, 0) is 0 Å². The fourth-order valence-electron chi connectivity index (χ4n) is 5.01. The molecule has 0 aliphatic carbocycles. The molecule has 0 saturated carbocycles. The zero-order valence-corrected chi connectivity index (χ0v) is 18.3. The normalized spacial score (nSPS) is 21.5. The van der Waals surface area contributed by atoms with Gasteiger partial charge in [-0.1, -0.05) is 101 Å². The van der Waals surface area contributed by atoms with E-state index in [1.807, 2.05) is 0 Å². The highest BCUT2D eigenvalue weighted by Gasteiger charge is 2.45. The van der Waals surface area contributed by atoms with E-state index in [1.165, 1.54) is 44.9 Å². The van der Waals surface area contributed by atoms with Crippen LogP contribution in [0.25, 0.3) is 0 Å². The molecule has 0 aliphatic heterocycles. The van der Waals surface area contributed by atoms with Gasteiger partial charge in [-0.2, -0.15) is 0 Å². The highest BCUT2D eigenvalue weighted by Crippen LogP contribution is 2.54. The predicted octanol–water partition coefficient (Wildman–Crippen LogP) is 8.35. The zero-order valence-electron chi connectivity index (χ0n) is 18.3. The van der Waals surface area contributed by atoms with Crippen LogP contribution in [0.5, 0.6) is 0 Å². The third-order valence-electron chi connectivity index (χ3n) is 7.86. The van der Waals surface area contributed by atoms with Gasteiger partial charge in [-0.15, -0.1) is 0 Å². The summed E-state index contributed by atoms with van der Waals surface area (Å²) in [6.45, 7) is 24.6. The van der Waals surface area contributed by atoms with E-state index in [-0.39, 0.29) is 0 Å². The maximum atomic E-state index is 2.60. The lowest BCUT2D eigenvalue weighted by atomic mass is 9.53. The van der Waals surface area contributed by atoms with Crippen molar-refractivity contribution in [2.45, 2.75) is 114 Å². The van der Waals surface area contributed by atoms with Crippen LogP contribution in [-0.4, -0.2) is 0 Å². The van der Waals surface area contributed by atoms with Crippen LogP contribution in [0.2, 0.25) is 0 Å². The molecule has 0 aromatic carbocycles. The first-order valence-electron chi connectivity index (χ1n) is 10.7. The van der Waals surface area contributed by atoms with Crippen LogP contribution < -0.4 is 0 Å². The third-order valence-corrected chi connectivity index (χ3v) is 7.86. The summed E-state index contributed by atoms with van der Waals surface area (Å²) < 4.78 is 0. The van der Waals surface area contributed by atoms with Gasteiger partial charge in [-0.25, -0.2) is 0 Å². The van der Waals surface area contributed by atoms with Gasteiger partial charge in [0, 0.05) is 0 Å². The molecule has 140 valence electrons. The Balaban J connectivity index is 5.79. The van der Waals surface area contributed by atoms with Crippen LogP contribution >= 0.6 is 0 Å². The van der Waals surface area contributed by atoms with Crippen molar-refractivity contribution in [1.82, 2.24) is 0 Å². The summed E-state index contributed by atoms with van der Waals surface area (Å²) in [5.41, 5.74) is 0.950. The molecular formula is C23H48. The van der Waals surface area contributed by atoms with Gasteiger partial charge in [0.05, 0.1) is 0 Å². The number of hydrogen-bond acceptors (Lipinski definition) is 0. The minimum atomic E-state index is 0.459. The van der Waals surface area contributed by atoms with E-state index in [1.54, 1.807) is 0 Å². The van der Waals surface area contributed by atoms with Gasteiger partial charge < -0.3 is 0 Å². The summed E-state index contributed by atoms with van der Waals surface area (Å²) >= 11 is 0. The monoisotopic (exact) mass is 324 g/mol. The molecule has 0 rings (SSSR count). The minimum Gasteiger partial charge on any atom is -0.0654 e. The Labute approximate surface area is 149 Å². The van der Waals surface area contributed by atoms with E-state index in [2.05, 4.69) is 69.2 Å². The summed E-state index contributed by atoms with van der Waals surface area (Å²) in [4.78, 5) is 0. The van der Waals surface area contributed by atoms with Gasteiger partial charge in [0.1, 0.15) is 0 Å². The maximum Gasteiger partial charge on any atom is -0.0272 e. The molecule has 0 radical (unpaired) electrons. The van der Waals surface area contributed by atoms with Crippen molar-refractivity contribution in [3.05, 3.63) is 0 Å². The van der Waals surface area contributed by atoms with Gasteiger partial charge in [0.2, 0.25) is 0 Å². The Morgan fingerprint density at radius 2 is 1.35 bits per heavy atom. The lowest BCUT2D eigenvalue weighted by Gasteiger charge is -2.52. The standard InChI is InChI=1S/C23H48/c1-11-16-22(9,14-4)21(23(10,15-5)18(6)7)17-20(13-3)19(8)12-2/h18-21H,11-17H2,1-10H3. The molecule has 0 bridgehead atoms. The molecule has 0 aromatic rings. The van der Waals surface area contributed by atoms with Crippen LogP contribution in [0.4, 0.5) is 0 Å². The number of rotatable bonds is 12. The van der Waals surface area contributed by atoms with Gasteiger partial charge in [-0.05, 0) is 47.3 Å². The van der Waals surface area contributed by atoms with E-state index >= 15 is 0 Å². The van der Waals surface area contributed by atoms with Gasteiger partial charge in [0.25, 0.3) is 0 Å². The second-order valence-corrected chi connectivity index (χ2v) is 9.11. The van der Waals surface area contributed by atoms with Crippen LogP contribution in [0.1, 0.15) is 114 Å². The summed E-state index contributed by atoms with van der Waals surface area (Å²) in [6.07, 6.45) is 9.43. The van der Waals surface area contributed by atoms with Crippen molar-refractivity contribution in [2.75, 3.05) is 0 Å². The Morgan fingerprint density at radius 3 is 1.65 bits per heavy atom. The average Bonchev–Trinajstić information content (AvgIpc) is 2.54. The van der Waals surface area contributed by atoms with Crippen molar-refractivity contribution in [1.29, 1.82) is 0 Å². The molecular weight excluding hydrogens is 276 g/mol. The van der Waals surface area contributed by atoms with Crippen molar-refractivity contribution in [3.8, 4) is 0 Å². The second kappa shape index (κ2) is 10.1. The van der Waals surface area contributed by atoms with Gasteiger partial charge in [-0.3, -0.25) is 0 Å². The SMILES string of the molecule is CCCC(C)(CC)C(CC(CC)C(C)CC)C(C)(CC)C(C)C. The molecule has 0 aromatic heterocycles. The quantitative estimate of drug-likeness (QED) is 0.338. The number of hydrogen-bond donors (Lipinski definition) is 0. The summed E-state index contributed by atoms with van der Waals surface area (Å²) in [5.74, 6) is 3.34. The fraction of sp³-hybridized carbons (Fsp3) is 1.00. The Morgan fingerprint density at radius 1 is 0.783 bits per heavy atom. The predicted molar refractivity (Wildman–Crippen MR) is 108 cm³/mol. The van der Waals surface area contributed by atoms with Crippen molar-refractivity contribution < 1.29 is 0 Å². The highest BCUT2D eigenvalue weighted by atomic mass is 14.5. The van der Waals surface area contributed by atoms with E-state index < -0.39 is 0 Å². The maximum absolute atomic E-state index is 2.60. The Bertz CT molecular complexity index is 305. The lowest BCUT2D eigenvalue weighted by molar-refractivity contribution is -0.0253. The highest BCUT2D eigenvalue weighted by molar-refractivity contribution is 4.95. The average molecular weight is 325 g/mol. The first kappa shape index (κ1) is 23.0. The molecule has 5 unspecified atom stereocenters. The summed E-state index contributed by atoms with van der Waals surface area (Å²) in [5, 5.41) is 0. The molecule has 5 atom stereocenters. The van der Waals surface area contributed by atoms with Crippen molar-refractivity contribution in [3.63, 3.8) is 0 Å². The largest absolute Gasteiger partial charge is 0.0654 e. The van der Waals surface area contributed by atoms with E-state index in [9.17, 15) is 0 Å². The van der Waals surface area contributed by atoms with Crippen LogP contribution in [0.15, 0.2) is 0 Å². The summed E-state index contributed by atoms with van der Waals surface area (Å²) in [6, 6.07) is 0. The first-order chi connectivity index (χ1) is 10.7. The van der Waals surface area contributed by atoms with Crippen LogP contribution in [0.3, 0.4) is 0 Å². The van der Waals surface area contributed by atoms with Crippen molar-refractivity contribution in [2.24, 2.45) is 34.5 Å². The molecule has 0 aliphatic rings. The fourth-order valence-corrected chi connectivity index (χ4v) is 5.01. The molecule has 0 saturated heterocycles. The summed E-state index contributed by atoms with van der Waals surface area (Å²) in [7, 11) is 0. The topological polar surface area (TPSA) is 0 Å². The molecule has 0 amide bonds. The first-order valence-corrected chi connectivity index (χ1v) is 10.7. The molecule has 0 heterocycles. The Hall–Kier alpha value is 0. The van der Waals surface area contributed by atoms with E-state index in [0.29, 0.717) is 10.8 Å². The van der Waals surface area contributed by atoms with Crippen molar-refractivity contribution >= 4 is 0 Å². The second-order valence-electron chi connectivity index (χ2n) is 9.11. The third kappa shape index (κ3) is 5.50. The smallest absolute Gasteiger partial charge is 0.0272 e. The molecule has 0 spiro atoms. The zero-order chi connectivity index (χ0) is 18.3. The Kier molecular flexibility index (Phi) is 10.1. The molecule has 0 heteroatoms. The van der Waals surface area contributed by atoms with Gasteiger partial charge in [0.15, 0.2) is 0 Å². The van der Waals surface area contributed by atoms with E-state index in [0.717, 1.165) is 23.7 Å². The minimum absolute atomic E-state index is 0.459. The molecule has 0 fully saturated rings. The van der Waals surface area contributed by atoms with Gasteiger partial charge >= 0.3 is 0 Å². The van der Waals surface area contributed by atoms with E-state index in [4.69, 9.17) is 0 Å². The lowest BCUT2D eigenvalue weighted by Crippen LogP contribution is -2.44. The molecule has 0 N–H and O–H groups in total. The van der Waals surface area contributed by atoms with Crippen LogP contribution in [0, 0.1) is 34.5 Å². The molecule has 0 nitrogen and oxygen atoms in total. The molecule has 23 heavy (non-hydrogen) atoms.